The minimum atomic E-state index is -0.556. The van der Waals surface area contributed by atoms with E-state index in [2.05, 4.69) is 38.3 Å². The molecule has 2 nitrogen and oxygen atoms in total. The number of halogens is 2. The van der Waals surface area contributed by atoms with Crippen molar-refractivity contribution in [2.45, 2.75) is 46.2 Å². The first kappa shape index (κ1) is 17.6. The molecule has 0 atom stereocenters. The van der Waals surface area contributed by atoms with Gasteiger partial charge in [0.2, 0.25) is 0 Å². The van der Waals surface area contributed by atoms with Crippen molar-refractivity contribution in [3.8, 4) is 0 Å². The summed E-state index contributed by atoms with van der Waals surface area (Å²) in [5, 5.41) is 8.72. The van der Waals surface area contributed by atoms with Gasteiger partial charge >= 0.3 is 35.6 Å². The quantitative estimate of drug-likeness (QED) is 0.510. The zero-order chi connectivity index (χ0) is 11.4. The first-order valence-electron chi connectivity index (χ1n) is 4.84. The van der Waals surface area contributed by atoms with E-state index in [4.69, 9.17) is 18.6 Å². The van der Waals surface area contributed by atoms with Crippen LogP contribution in [0.2, 0.25) is 0 Å². The van der Waals surface area contributed by atoms with Crippen LogP contribution in [0.3, 0.4) is 0 Å². The van der Waals surface area contributed by atoms with Crippen LogP contribution in [0, 0.1) is 0 Å². The van der Waals surface area contributed by atoms with Crippen molar-refractivity contribution in [2.24, 2.45) is 0 Å². The van der Waals surface area contributed by atoms with Crippen molar-refractivity contribution in [1.29, 1.82) is 0 Å². The van der Waals surface area contributed by atoms with Gasteiger partial charge in [0.05, 0.1) is 0 Å². The molecule has 0 aromatic heterocycles. The van der Waals surface area contributed by atoms with Crippen molar-refractivity contribution in [3.63, 3.8) is 0 Å². The van der Waals surface area contributed by atoms with Crippen LogP contribution in [0.15, 0.2) is 0 Å². The molecule has 0 aliphatic carbocycles. The fourth-order valence-corrected chi connectivity index (χ4v) is 0.770. The van der Waals surface area contributed by atoms with Crippen molar-refractivity contribution >= 4 is 18.6 Å². The Morgan fingerprint density at radius 2 is 1.21 bits per heavy atom. The predicted molar refractivity (Wildman–Crippen MR) is 63.0 cm³/mol. The summed E-state index contributed by atoms with van der Waals surface area (Å²) < 4.78 is 0. The molecule has 5 heteroatoms. The summed E-state index contributed by atoms with van der Waals surface area (Å²) >= 11 is -0.556. The van der Waals surface area contributed by atoms with Crippen LogP contribution in [0.25, 0.3) is 10.6 Å². The van der Waals surface area contributed by atoms with Gasteiger partial charge in [-0.05, 0) is 0 Å². The Balaban J connectivity index is 0. The fraction of sp³-hybridized carbons (Fsp3) is 1.00. The number of hydrogen-bond acceptors (Lipinski definition) is 0. The van der Waals surface area contributed by atoms with Crippen molar-refractivity contribution in [2.75, 3.05) is 13.1 Å². The van der Waals surface area contributed by atoms with E-state index in [1.54, 1.807) is 0 Å². The molecule has 0 aromatic rings. The summed E-state index contributed by atoms with van der Waals surface area (Å²) in [5.41, 5.74) is 0. The molecule has 0 rings (SSSR count). The molecule has 0 bridgehead atoms. The zero-order valence-corrected chi connectivity index (χ0v) is 12.5. The van der Waals surface area contributed by atoms with Crippen LogP contribution in [-0.2, 0) is 17.0 Å². The minimum absolute atomic E-state index is 0.481. The summed E-state index contributed by atoms with van der Waals surface area (Å²) in [4.78, 5) is 0. The molecule has 0 amide bonds. The monoisotopic (exact) mass is 274 g/mol. The number of hydrogen-bond donors (Lipinski definition) is 0. The molecule has 0 saturated carbocycles. The van der Waals surface area contributed by atoms with Gasteiger partial charge in [0.1, 0.15) is 0 Å². The van der Waals surface area contributed by atoms with Crippen LogP contribution in [-0.4, -0.2) is 25.2 Å². The number of rotatable bonds is 6. The van der Waals surface area contributed by atoms with Crippen LogP contribution in [0.1, 0.15) is 34.1 Å². The van der Waals surface area contributed by atoms with E-state index in [-0.39, 0.29) is 0 Å². The van der Waals surface area contributed by atoms with Gasteiger partial charge in [-0.25, -0.2) is 0 Å². The third-order valence-electron chi connectivity index (χ3n) is 1.30. The average Bonchev–Trinajstić information content (AvgIpc) is 2.04. The first-order valence-corrected chi connectivity index (χ1v) is 9.13. The van der Waals surface area contributed by atoms with Crippen molar-refractivity contribution in [1.82, 2.24) is 0 Å². The Bertz CT molecular complexity index is 92.8. The molecule has 0 spiro atoms. The van der Waals surface area contributed by atoms with Gasteiger partial charge in [-0.1, -0.05) is 34.1 Å². The topological polar surface area (TPSA) is 28.2 Å². The molecule has 0 unspecified atom stereocenters. The second-order valence-corrected chi connectivity index (χ2v) is 6.00. The van der Waals surface area contributed by atoms with Gasteiger partial charge in [-0.3, -0.25) is 0 Å². The Labute approximate surface area is 105 Å². The van der Waals surface area contributed by atoms with Crippen molar-refractivity contribution in [3.05, 3.63) is 10.6 Å². The van der Waals surface area contributed by atoms with E-state index in [9.17, 15) is 0 Å². The molecule has 0 fully saturated rings. The second-order valence-electron chi connectivity index (χ2n) is 3.42. The standard InChI is InChI=1S/C9H20N2.2ClH.Ti/c1-8(2)10-6-5-7-11-9(3)4;;;/h8-9H,5-7H2,1-4H3;2*1H;/q-2;;;+2/p-2. The van der Waals surface area contributed by atoms with Gasteiger partial charge in [0, 0.05) is 0 Å². The summed E-state index contributed by atoms with van der Waals surface area (Å²) in [6.07, 6.45) is 1.11. The fourth-order valence-electron chi connectivity index (χ4n) is 0.770. The van der Waals surface area contributed by atoms with E-state index in [0.717, 1.165) is 19.5 Å². The number of nitrogens with zero attached hydrogens (tertiary/aromatic N) is 2. The van der Waals surface area contributed by atoms with Gasteiger partial charge < -0.3 is 10.6 Å². The Hall–Kier alpha value is 1.21. The molecule has 0 radical (unpaired) electrons. The Morgan fingerprint density at radius 3 is 1.43 bits per heavy atom. The van der Waals surface area contributed by atoms with E-state index in [0.29, 0.717) is 12.1 Å². The van der Waals surface area contributed by atoms with Crippen LogP contribution in [0.5, 0.6) is 0 Å². The average molecular weight is 275 g/mol. The summed E-state index contributed by atoms with van der Waals surface area (Å²) in [5.74, 6) is 0. The van der Waals surface area contributed by atoms with E-state index < -0.39 is 17.0 Å². The molecule has 86 valence electrons. The summed E-state index contributed by atoms with van der Waals surface area (Å²) in [7, 11) is 9.78. The Morgan fingerprint density at radius 1 is 0.929 bits per heavy atom. The normalized spacial score (nSPS) is 10.0. The van der Waals surface area contributed by atoms with Gasteiger partial charge in [-0.15, -0.1) is 12.1 Å². The summed E-state index contributed by atoms with van der Waals surface area (Å²) in [6.45, 7) is 10.4. The molecular formula is C9H20Cl2N2Ti-2. The summed E-state index contributed by atoms with van der Waals surface area (Å²) in [6, 6.07) is 0.961. The molecule has 0 N–H and O–H groups in total. The first-order chi connectivity index (χ1) is 6.54. The SMILES string of the molecule is CC(C)[N-]CCC[N-]C(C)C.[Cl][Ti][Cl]. The van der Waals surface area contributed by atoms with Gasteiger partial charge in [0.25, 0.3) is 0 Å². The maximum absolute atomic E-state index is 4.89. The van der Waals surface area contributed by atoms with Crippen LogP contribution in [0.4, 0.5) is 0 Å². The zero-order valence-electron chi connectivity index (χ0n) is 9.43. The maximum atomic E-state index is 4.89. The second kappa shape index (κ2) is 14.2. The van der Waals surface area contributed by atoms with E-state index in [1.807, 2.05) is 0 Å². The van der Waals surface area contributed by atoms with Gasteiger partial charge in [0.15, 0.2) is 0 Å². The Kier molecular flexibility index (Phi) is 17.9. The third-order valence-corrected chi connectivity index (χ3v) is 1.30. The van der Waals surface area contributed by atoms with E-state index >= 15 is 0 Å². The molecule has 0 aliphatic rings. The molecular weight excluding hydrogens is 255 g/mol. The van der Waals surface area contributed by atoms with Crippen LogP contribution >= 0.6 is 18.6 Å². The van der Waals surface area contributed by atoms with Crippen molar-refractivity contribution < 1.29 is 17.0 Å². The van der Waals surface area contributed by atoms with E-state index in [1.165, 1.54) is 0 Å². The molecule has 0 heterocycles. The third kappa shape index (κ3) is 23.2. The molecule has 0 aliphatic heterocycles. The van der Waals surface area contributed by atoms with Crippen LogP contribution < -0.4 is 0 Å². The van der Waals surface area contributed by atoms with Gasteiger partial charge in [-0.2, -0.15) is 13.1 Å². The molecule has 0 saturated heterocycles. The molecule has 14 heavy (non-hydrogen) atoms. The molecule has 0 aromatic carbocycles. The predicted octanol–water partition coefficient (Wildman–Crippen LogP) is 4.32.